The van der Waals surface area contributed by atoms with E-state index in [9.17, 15) is 4.79 Å². The number of hydrogen-bond acceptors (Lipinski definition) is 4. The van der Waals surface area contributed by atoms with Gasteiger partial charge in [0.25, 0.3) is 0 Å². The number of carbonyl (C=O) groups is 1. The van der Waals surface area contributed by atoms with Gasteiger partial charge in [0.2, 0.25) is 5.91 Å². The molecule has 4 rings (SSSR count). The van der Waals surface area contributed by atoms with Gasteiger partial charge in [-0.1, -0.05) is 0 Å². The van der Waals surface area contributed by atoms with Crippen molar-refractivity contribution >= 4 is 5.91 Å². The molecule has 1 saturated carbocycles. The number of nitrogens with one attached hydrogen (secondary N) is 1. The third-order valence-electron chi connectivity index (χ3n) is 5.37. The summed E-state index contributed by atoms with van der Waals surface area (Å²) in [5.74, 6) is 3.07. The van der Waals surface area contributed by atoms with Crippen LogP contribution in [0.5, 0.6) is 0 Å². The van der Waals surface area contributed by atoms with E-state index < -0.39 is 0 Å². The van der Waals surface area contributed by atoms with E-state index in [1.807, 2.05) is 25.3 Å². The number of furan rings is 1. The van der Waals surface area contributed by atoms with Crippen molar-refractivity contribution in [3.8, 4) is 0 Å². The molecule has 3 heterocycles. The van der Waals surface area contributed by atoms with Gasteiger partial charge in [0, 0.05) is 25.3 Å². The van der Waals surface area contributed by atoms with Crippen LogP contribution in [0, 0.1) is 6.92 Å². The zero-order valence-corrected chi connectivity index (χ0v) is 15.0. The smallest absolute Gasteiger partial charge is 0.226 e. The first-order chi connectivity index (χ1) is 12.1. The fourth-order valence-electron chi connectivity index (χ4n) is 3.66. The Balaban J connectivity index is 1.41. The SMILES string of the molecule is Cc1ccc(CN2CCn3cc(CC(=O)NC4CCC4)nc3[C@H]2C)o1. The second-order valence-electron chi connectivity index (χ2n) is 7.31. The van der Waals surface area contributed by atoms with Crippen molar-refractivity contribution in [3.63, 3.8) is 0 Å². The zero-order chi connectivity index (χ0) is 17.4. The van der Waals surface area contributed by atoms with Crippen molar-refractivity contribution in [2.75, 3.05) is 6.54 Å². The molecule has 0 spiro atoms. The van der Waals surface area contributed by atoms with E-state index in [-0.39, 0.29) is 11.9 Å². The van der Waals surface area contributed by atoms with Crippen LogP contribution in [0.1, 0.15) is 55.3 Å². The van der Waals surface area contributed by atoms with E-state index in [0.29, 0.717) is 12.5 Å². The molecule has 0 bridgehead atoms. The summed E-state index contributed by atoms with van der Waals surface area (Å²) in [6.07, 6.45) is 5.88. The second-order valence-corrected chi connectivity index (χ2v) is 7.31. The van der Waals surface area contributed by atoms with Gasteiger partial charge in [-0.05, 0) is 45.2 Å². The highest BCUT2D eigenvalue weighted by Crippen LogP contribution is 2.27. The van der Waals surface area contributed by atoms with E-state index in [2.05, 4.69) is 21.7 Å². The van der Waals surface area contributed by atoms with Crippen molar-refractivity contribution in [3.05, 3.63) is 41.4 Å². The number of nitrogens with zero attached hydrogens (tertiary/aromatic N) is 3. The largest absolute Gasteiger partial charge is 0.465 e. The number of rotatable bonds is 5. The van der Waals surface area contributed by atoms with Gasteiger partial charge in [0.1, 0.15) is 17.3 Å². The normalized spacial score (nSPS) is 21.0. The maximum Gasteiger partial charge on any atom is 0.226 e. The highest BCUT2D eigenvalue weighted by Gasteiger charge is 2.27. The minimum Gasteiger partial charge on any atom is -0.465 e. The molecule has 1 atom stereocenters. The minimum absolute atomic E-state index is 0.0933. The van der Waals surface area contributed by atoms with Gasteiger partial charge in [-0.3, -0.25) is 9.69 Å². The quantitative estimate of drug-likeness (QED) is 0.907. The molecule has 134 valence electrons. The molecule has 0 aromatic carbocycles. The number of hydrogen-bond donors (Lipinski definition) is 1. The number of carbonyl (C=O) groups excluding carboxylic acids is 1. The lowest BCUT2D eigenvalue weighted by Crippen LogP contribution is -2.40. The number of amides is 1. The lowest BCUT2D eigenvalue weighted by atomic mass is 9.93. The van der Waals surface area contributed by atoms with Gasteiger partial charge in [0.15, 0.2) is 0 Å². The third kappa shape index (κ3) is 3.49. The molecule has 6 heteroatoms. The predicted octanol–water partition coefficient (Wildman–Crippen LogP) is 2.57. The van der Waals surface area contributed by atoms with Crippen LogP contribution in [0.3, 0.4) is 0 Å². The molecule has 0 saturated heterocycles. The average Bonchev–Trinajstić information content (AvgIpc) is 3.12. The molecular formula is C19H26N4O2. The van der Waals surface area contributed by atoms with Gasteiger partial charge < -0.3 is 14.3 Å². The Hall–Kier alpha value is -2.08. The highest BCUT2D eigenvalue weighted by atomic mass is 16.3. The average molecular weight is 342 g/mol. The third-order valence-corrected chi connectivity index (χ3v) is 5.37. The molecule has 6 nitrogen and oxygen atoms in total. The van der Waals surface area contributed by atoms with Crippen LogP contribution in [0.4, 0.5) is 0 Å². The predicted molar refractivity (Wildman–Crippen MR) is 94.0 cm³/mol. The standard InChI is InChI=1S/C19H26N4O2/c1-13-6-7-17(25-13)12-22-8-9-23-11-16(21-19(23)14(22)2)10-18(24)20-15-4-3-5-15/h6-7,11,14-15H,3-5,8-10,12H2,1-2H3,(H,20,24)/t14-/m1/s1. The number of aryl methyl sites for hydroxylation is 1. The number of aromatic nitrogens is 2. The molecular weight excluding hydrogens is 316 g/mol. The topological polar surface area (TPSA) is 63.3 Å². The van der Waals surface area contributed by atoms with Gasteiger partial charge in [-0.15, -0.1) is 0 Å². The second kappa shape index (κ2) is 6.67. The summed E-state index contributed by atoms with van der Waals surface area (Å²) in [6, 6.07) is 4.64. The fraction of sp³-hybridized carbons (Fsp3) is 0.579. The fourth-order valence-corrected chi connectivity index (χ4v) is 3.66. The Bertz CT molecular complexity index is 759. The van der Waals surface area contributed by atoms with Crippen molar-refractivity contribution in [2.24, 2.45) is 0 Å². The van der Waals surface area contributed by atoms with E-state index in [1.165, 1.54) is 6.42 Å². The Morgan fingerprint density at radius 3 is 2.88 bits per heavy atom. The lowest BCUT2D eigenvalue weighted by molar-refractivity contribution is -0.121. The highest BCUT2D eigenvalue weighted by molar-refractivity contribution is 5.78. The van der Waals surface area contributed by atoms with Crippen LogP contribution in [-0.2, 0) is 24.3 Å². The molecule has 0 unspecified atom stereocenters. The van der Waals surface area contributed by atoms with Gasteiger partial charge in [0.05, 0.1) is 24.7 Å². The van der Waals surface area contributed by atoms with E-state index >= 15 is 0 Å². The maximum atomic E-state index is 12.1. The molecule has 25 heavy (non-hydrogen) atoms. The van der Waals surface area contributed by atoms with Gasteiger partial charge in [-0.25, -0.2) is 4.98 Å². The summed E-state index contributed by atoms with van der Waals surface area (Å²) in [5.41, 5.74) is 0.870. The Labute approximate surface area is 148 Å². The summed E-state index contributed by atoms with van der Waals surface area (Å²) in [5, 5.41) is 3.09. The summed E-state index contributed by atoms with van der Waals surface area (Å²) in [4.78, 5) is 19.3. The van der Waals surface area contributed by atoms with Gasteiger partial charge >= 0.3 is 0 Å². The molecule has 1 aliphatic heterocycles. The molecule has 2 aromatic rings. The molecule has 1 amide bonds. The monoisotopic (exact) mass is 342 g/mol. The summed E-state index contributed by atoms with van der Waals surface area (Å²) >= 11 is 0. The first kappa shape index (κ1) is 16.4. The summed E-state index contributed by atoms with van der Waals surface area (Å²) < 4.78 is 7.91. The van der Waals surface area contributed by atoms with Crippen LogP contribution in [0.25, 0.3) is 0 Å². The Morgan fingerprint density at radius 2 is 2.20 bits per heavy atom. The van der Waals surface area contributed by atoms with E-state index in [1.54, 1.807) is 0 Å². The molecule has 1 aliphatic carbocycles. The molecule has 0 radical (unpaired) electrons. The Morgan fingerprint density at radius 1 is 1.36 bits per heavy atom. The zero-order valence-electron chi connectivity index (χ0n) is 15.0. The van der Waals surface area contributed by atoms with Crippen molar-refractivity contribution in [2.45, 2.75) is 64.7 Å². The van der Waals surface area contributed by atoms with Gasteiger partial charge in [-0.2, -0.15) is 0 Å². The number of imidazole rings is 1. The Kier molecular flexibility index (Phi) is 4.37. The van der Waals surface area contributed by atoms with Crippen LogP contribution in [0.2, 0.25) is 0 Å². The van der Waals surface area contributed by atoms with Crippen molar-refractivity contribution in [1.29, 1.82) is 0 Å². The van der Waals surface area contributed by atoms with Crippen LogP contribution in [-0.4, -0.2) is 32.9 Å². The summed E-state index contributed by atoms with van der Waals surface area (Å²) in [7, 11) is 0. The molecule has 2 aliphatic rings. The number of fused-ring (bicyclic) bond motifs is 1. The van der Waals surface area contributed by atoms with E-state index in [0.717, 1.165) is 55.5 Å². The molecule has 2 aromatic heterocycles. The summed E-state index contributed by atoms with van der Waals surface area (Å²) in [6.45, 7) is 6.79. The molecule has 1 fully saturated rings. The van der Waals surface area contributed by atoms with Crippen LogP contribution < -0.4 is 5.32 Å². The minimum atomic E-state index is 0.0933. The lowest BCUT2D eigenvalue weighted by Gasteiger charge is -2.33. The van der Waals surface area contributed by atoms with Crippen molar-refractivity contribution in [1.82, 2.24) is 19.8 Å². The first-order valence-electron chi connectivity index (χ1n) is 9.23. The maximum absolute atomic E-state index is 12.1. The first-order valence-corrected chi connectivity index (χ1v) is 9.23. The van der Waals surface area contributed by atoms with Crippen LogP contribution in [0.15, 0.2) is 22.7 Å². The van der Waals surface area contributed by atoms with Crippen molar-refractivity contribution < 1.29 is 9.21 Å². The van der Waals surface area contributed by atoms with E-state index in [4.69, 9.17) is 9.40 Å². The molecule has 1 N–H and O–H groups in total. The van der Waals surface area contributed by atoms with Crippen LogP contribution >= 0.6 is 0 Å².